The Hall–Kier alpha value is -1.02. The number of aldehydes is 1. The van der Waals surface area contributed by atoms with Crippen molar-refractivity contribution in [2.45, 2.75) is 32.1 Å². The Morgan fingerprint density at radius 1 is 1.24 bits per heavy atom. The summed E-state index contributed by atoms with van der Waals surface area (Å²) >= 11 is 1.95. The van der Waals surface area contributed by atoms with Crippen molar-refractivity contribution in [1.82, 2.24) is 0 Å². The second-order valence-corrected chi connectivity index (χ2v) is 4.86. The number of benzene rings is 1. The molecule has 2 heteroatoms. The van der Waals surface area contributed by atoms with Crippen LogP contribution in [0.25, 0.3) is 0 Å². The standard InChI is InChI=1S/C13H18S.C2H4O/c1-3-4-8-12(2)11-14-13-9-6-5-7-10-13;1-2-3/h3-7,9-10,12H,8,11H2,1-2H3;2H,1H3/b4-3+;. The van der Waals surface area contributed by atoms with Crippen molar-refractivity contribution in [2.75, 3.05) is 5.75 Å². The van der Waals surface area contributed by atoms with Gasteiger partial charge in [-0.3, -0.25) is 0 Å². The normalized spacial score (nSPS) is 11.7. The first-order valence-electron chi connectivity index (χ1n) is 5.93. The Kier molecular flexibility index (Phi) is 10.8. The highest BCUT2D eigenvalue weighted by Crippen LogP contribution is 2.21. The molecule has 0 aliphatic carbocycles. The fraction of sp³-hybridized carbons (Fsp3) is 0.400. The van der Waals surface area contributed by atoms with Gasteiger partial charge in [0.2, 0.25) is 0 Å². The number of carbonyl (C=O) groups is 1. The van der Waals surface area contributed by atoms with Crippen LogP contribution in [-0.2, 0) is 4.79 Å². The lowest BCUT2D eigenvalue weighted by molar-refractivity contribution is -0.106. The molecule has 1 nitrogen and oxygen atoms in total. The van der Waals surface area contributed by atoms with E-state index in [1.807, 2.05) is 11.8 Å². The Morgan fingerprint density at radius 3 is 2.35 bits per heavy atom. The van der Waals surface area contributed by atoms with Gasteiger partial charge in [0, 0.05) is 10.6 Å². The predicted octanol–water partition coefficient (Wildman–Crippen LogP) is 4.59. The van der Waals surface area contributed by atoms with Crippen LogP contribution in [0.15, 0.2) is 47.4 Å². The maximum atomic E-state index is 8.81. The summed E-state index contributed by atoms with van der Waals surface area (Å²) in [5, 5.41) is 0. The number of rotatable bonds is 5. The van der Waals surface area contributed by atoms with Crippen LogP contribution < -0.4 is 0 Å². The van der Waals surface area contributed by atoms with E-state index in [0.29, 0.717) is 0 Å². The van der Waals surface area contributed by atoms with E-state index in [9.17, 15) is 0 Å². The molecule has 0 saturated heterocycles. The number of carbonyl (C=O) groups excluding carboxylic acids is 1. The summed E-state index contributed by atoms with van der Waals surface area (Å²) in [6, 6.07) is 10.6. The zero-order valence-corrected chi connectivity index (χ0v) is 11.7. The second-order valence-electron chi connectivity index (χ2n) is 3.77. The van der Waals surface area contributed by atoms with E-state index >= 15 is 0 Å². The first-order chi connectivity index (χ1) is 8.24. The van der Waals surface area contributed by atoms with Gasteiger partial charge in [-0.25, -0.2) is 0 Å². The third kappa shape index (κ3) is 9.88. The zero-order chi connectivity index (χ0) is 12.9. The van der Waals surface area contributed by atoms with Crippen molar-refractivity contribution in [3.63, 3.8) is 0 Å². The average Bonchev–Trinajstić information content (AvgIpc) is 2.36. The van der Waals surface area contributed by atoms with Gasteiger partial charge in [0.05, 0.1) is 0 Å². The zero-order valence-electron chi connectivity index (χ0n) is 10.9. The van der Waals surface area contributed by atoms with Crippen LogP contribution in [-0.4, -0.2) is 12.0 Å². The fourth-order valence-corrected chi connectivity index (χ4v) is 2.15. The summed E-state index contributed by atoms with van der Waals surface area (Å²) in [6.07, 6.45) is 6.32. The van der Waals surface area contributed by atoms with Crippen LogP contribution in [0.2, 0.25) is 0 Å². The van der Waals surface area contributed by atoms with E-state index in [2.05, 4.69) is 56.3 Å². The lowest BCUT2D eigenvalue weighted by Gasteiger charge is -2.07. The SMILES string of the molecule is C/C=C/CC(C)CSc1ccccc1.CC=O. The lowest BCUT2D eigenvalue weighted by atomic mass is 10.1. The lowest BCUT2D eigenvalue weighted by Crippen LogP contribution is -1.95. The maximum Gasteiger partial charge on any atom is 0.116 e. The van der Waals surface area contributed by atoms with Crippen molar-refractivity contribution >= 4 is 18.0 Å². The van der Waals surface area contributed by atoms with Crippen LogP contribution >= 0.6 is 11.8 Å². The third-order valence-corrected chi connectivity index (χ3v) is 3.39. The molecule has 0 amide bonds. The van der Waals surface area contributed by atoms with Gasteiger partial charge in [0.1, 0.15) is 6.29 Å². The predicted molar refractivity (Wildman–Crippen MR) is 77.5 cm³/mol. The van der Waals surface area contributed by atoms with Crippen LogP contribution in [0, 0.1) is 5.92 Å². The Balaban J connectivity index is 0.000000770. The maximum absolute atomic E-state index is 8.81. The van der Waals surface area contributed by atoms with E-state index < -0.39 is 0 Å². The van der Waals surface area contributed by atoms with Crippen LogP contribution in [0.5, 0.6) is 0 Å². The molecule has 0 N–H and O–H groups in total. The molecule has 0 fully saturated rings. The minimum absolute atomic E-state index is 0.750. The average molecular weight is 250 g/mol. The number of hydrogen-bond donors (Lipinski definition) is 0. The molecular weight excluding hydrogens is 228 g/mol. The smallest absolute Gasteiger partial charge is 0.116 e. The van der Waals surface area contributed by atoms with E-state index in [1.54, 1.807) is 0 Å². The summed E-state index contributed by atoms with van der Waals surface area (Å²) in [6.45, 7) is 5.83. The molecule has 0 bridgehead atoms. The number of hydrogen-bond acceptors (Lipinski definition) is 2. The topological polar surface area (TPSA) is 17.1 Å². The monoisotopic (exact) mass is 250 g/mol. The highest BCUT2D eigenvalue weighted by Gasteiger charge is 2.00. The van der Waals surface area contributed by atoms with Gasteiger partial charge in [-0.15, -0.1) is 11.8 Å². The highest BCUT2D eigenvalue weighted by molar-refractivity contribution is 7.99. The van der Waals surface area contributed by atoms with Crippen molar-refractivity contribution < 1.29 is 4.79 Å². The summed E-state index contributed by atoms with van der Waals surface area (Å²) in [4.78, 5) is 10.2. The molecule has 1 aromatic carbocycles. The molecule has 0 spiro atoms. The van der Waals surface area contributed by atoms with Crippen LogP contribution in [0.3, 0.4) is 0 Å². The van der Waals surface area contributed by atoms with Gasteiger partial charge in [-0.05, 0) is 38.3 Å². The first kappa shape index (κ1) is 16.0. The molecule has 0 heterocycles. The van der Waals surface area contributed by atoms with Gasteiger partial charge in [-0.1, -0.05) is 37.3 Å². The summed E-state index contributed by atoms with van der Waals surface area (Å²) in [7, 11) is 0. The van der Waals surface area contributed by atoms with E-state index in [1.165, 1.54) is 24.0 Å². The minimum Gasteiger partial charge on any atom is -0.304 e. The van der Waals surface area contributed by atoms with Gasteiger partial charge in [-0.2, -0.15) is 0 Å². The van der Waals surface area contributed by atoms with Crippen molar-refractivity contribution in [3.05, 3.63) is 42.5 Å². The van der Waals surface area contributed by atoms with Gasteiger partial charge in [0.25, 0.3) is 0 Å². The summed E-state index contributed by atoms with van der Waals surface area (Å²) in [5.41, 5.74) is 0. The molecule has 1 rings (SSSR count). The van der Waals surface area contributed by atoms with Crippen molar-refractivity contribution in [2.24, 2.45) is 5.92 Å². The van der Waals surface area contributed by atoms with Gasteiger partial charge in [0.15, 0.2) is 0 Å². The second kappa shape index (κ2) is 11.5. The third-order valence-electron chi connectivity index (χ3n) is 2.05. The number of thioether (sulfide) groups is 1. The molecule has 1 atom stereocenters. The van der Waals surface area contributed by atoms with Gasteiger partial charge < -0.3 is 4.79 Å². The Morgan fingerprint density at radius 2 is 1.82 bits per heavy atom. The van der Waals surface area contributed by atoms with Crippen molar-refractivity contribution in [1.29, 1.82) is 0 Å². The van der Waals surface area contributed by atoms with Gasteiger partial charge >= 0.3 is 0 Å². The largest absolute Gasteiger partial charge is 0.304 e. The summed E-state index contributed by atoms with van der Waals surface area (Å²) < 4.78 is 0. The molecule has 17 heavy (non-hydrogen) atoms. The van der Waals surface area contributed by atoms with Crippen molar-refractivity contribution in [3.8, 4) is 0 Å². The molecule has 94 valence electrons. The molecule has 0 aromatic heterocycles. The Bertz CT molecular complexity index is 306. The Labute approximate surface area is 109 Å². The minimum atomic E-state index is 0.750. The van der Waals surface area contributed by atoms with Crippen LogP contribution in [0.4, 0.5) is 0 Å². The quantitative estimate of drug-likeness (QED) is 0.432. The molecule has 0 aliphatic rings. The van der Waals surface area contributed by atoms with Crippen LogP contribution in [0.1, 0.15) is 27.2 Å². The van der Waals surface area contributed by atoms with E-state index in [4.69, 9.17) is 4.79 Å². The number of allylic oxidation sites excluding steroid dienone is 2. The molecule has 1 aromatic rings. The molecular formula is C15H22OS. The molecule has 0 saturated carbocycles. The van der Waals surface area contributed by atoms with E-state index in [0.717, 1.165) is 12.2 Å². The summed E-state index contributed by atoms with van der Waals surface area (Å²) in [5.74, 6) is 1.96. The first-order valence-corrected chi connectivity index (χ1v) is 6.91. The molecule has 0 radical (unpaired) electrons. The van der Waals surface area contributed by atoms with E-state index in [-0.39, 0.29) is 0 Å². The molecule has 0 aliphatic heterocycles. The molecule has 1 unspecified atom stereocenters. The highest BCUT2D eigenvalue weighted by atomic mass is 32.2. The fourth-order valence-electron chi connectivity index (χ4n) is 1.19.